The predicted octanol–water partition coefficient (Wildman–Crippen LogP) is 3.65. The molecule has 0 spiro atoms. The normalized spacial score (nSPS) is 13.9. The van der Waals surface area contributed by atoms with Crippen molar-refractivity contribution in [1.29, 1.82) is 0 Å². The second-order valence-corrected chi connectivity index (χ2v) is 11.7. The Morgan fingerprint density at radius 2 is 1.04 bits per heavy atom. The first-order valence-electron chi connectivity index (χ1n) is 8.83. The molecule has 0 amide bonds. The first-order valence-corrected chi connectivity index (χ1v) is 11.9. The van der Waals surface area contributed by atoms with Crippen LogP contribution in [0.1, 0.15) is 0 Å². The Hall–Kier alpha value is -2.17. The molecule has 0 fully saturated rings. The minimum Gasteiger partial charge on any atom is -0.0623 e. The van der Waals surface area contributed by atoms with E-state index in [1.165, 1.54) is 35.4 Å². The van der Waals surface area contributed by atoms with Gasteiger partial charge in [-0.15, -0.1) is 0 Å². The average molecular weight is 460 g/mol. The monoisotopic (exact) mass is 460 g/mol. The molecule has 0 saturated carbocycles. The standard InChI is InChI=1S/C24H17ISi/c25-18-15-16-22-21-13-7-8-14-23(21)26(24(22)17-18,19-9-3-1-4-10-19)20-11-5-2-6-12-20/h1-17H. The maximum atomic E-state index is 2.45. The molecule has 26 heavy (non-hydrogen) atoms. The fourth-order valence-corrected chi connectivity index (χ4v) is 10.4. The molecule has 2 heteroatoms. The summed E-state index contributed by atoms with van der Waals surface area (Å²) in [5, 5.41) is 5.94. The number of hydrogen-bond acceptors (Lipinski definition) is 0. The molecular formula is C24H17ISi. The van der Waals surface area contributed by atoms with Crippen LogP contribution in [0.25, 0.3) is 11.1 Å². The largest absolute Gasteiger partial charge is 0.180 e. The van der Waals surface area contributed by atoms with Crippen molar-refractivity contribution in [2.75, 3.05) is 0 Å². The van der Waals surface area contributed by atoms with Crippen LogP contribution in [0, 0.1) is 3.57 Å². The van der Waals surface area contributed by atoms with Crippen LogP contribution in [0.15, 0.2) is 103 Å². The van der Waals surface area contributed by atoms with Gasteiger partial charge in [0.1, 0.15) is 0 Å². The topological polar surface area (TPSA) is 0 Å². The molecule has 0 aliphatic carbocycles. The Bertz CT molecular complexity index is 1050. The Balaban J connectivity index is 1.99. The highest BCUT2D eigenvalue weighted by Crippen LogP contribution is 2.29. The molecule has 0 bridgehead atoms. The summed E-state index contributed by atoms with van der Waals surface area (Å²) in [6.45, 7) is 0. The number of rotatable bonds is 2. The zero-order chi connectivity index (χ0) is 17.6. The molecule has 0 atom stereocenters. The highest BCUT2D eigenvalue weighted by atomic mass is 127. The van der Waals surface area contributed by atoms with Gasteiger partial charge in [0.25, 0.3) is 0 Å². The van der Waals surface area contributed by atoms with Crippen molar-refractivity contribution in [3.05, 3.63) is 107 Å². The molecule has 0 saturated heterocycles. The smallest absolute Gasteiger partial charge is 0.0623 e. The van der Waals surface area contributed by atoms with Crippen LogP contribution < -0.4 is 20.7 Å². The van der Waals surface area contributed by atoms with Crippen molar-refractivity contribution in [2.45, 2.75) is 0 Å². The highest BCUT2D eigenvalue weighted by Gasteiger charge is 2.48. The average Bonchev–Trinajstić information content (AvgIpc) is 3.00. The summed E-state index contributed by atoms with van der Waals surface area (Å²) in [6, 6.07) is 38.2. The van der Waals surface area contributed by atoms with E-state index in [0.717, 1.165) is 0 Å². The van der Waals surface area contributed by atoms with Crippen molar-refractivity contribution in [3.8, 4) is 11.1 Å². The third-order valence-electron chi connectivity index (χ3n) is 5.42. The molecule has 4 aromatic rings. The van der Waals surface area contributed by atoms with E-state index in [-0.39, 0.29) is 0 Å². The molecule has 1 aliphatic heterocycles. The predicted molar refractivity (Wildman–Crippen MR) is 122 cm³/mol. The lowest BCUT2D eigenvalue weighted by Crippen LogP contribution is -2.72. The molecule has 1 aliphatic rings. The summed E-state index contributed by atoms with van der Waals surface area (Å²) in [7, 11) is -2.26. The Morgan fingerprint density at radius 1 is 0.500 bits per heavy atom. The molecule has 5 rings (SSSR count). The van der Waals surface area contributed by atoms with Crippen LogP contribution in [0.5, 0.6) is 0 Å². The molecule has 4 aromatic carbocycles. The van der Waals surface area contributed by atoms with Gasteiger partial charge < -0.3 is 0 Å². The summed E-state index contributed by atoms with van der Waals surface area (Å²) in [5.74, 6) is 0. The molecule has 1 heterocycles. The maximum Gasteiger partial charge on any atom is 0.180 e. The fourth-order valence-electron chi connectivity index (χ4n) is 4.42. The van der Waals surface area contributed by atoms with Gasteiger partial charge in [0.2, 0.25) is 0 Å². The van der Waals surface area contributed by atoms with Crippen molar-refractivity contribution in [2.24, 2.45) is 0 Å². The molecule has 124 valence electrons. The van der Waals surface area contributed by atoms with Gasteiger partial charge in [-0.25, -0.2) is 0 Å². The number of hydrogen-bond donors (Lipinski definition) is 0. The van der Waals surface area contributed by atoms with Gasteiger partial charge in [-0.1, -0.05) is 91.0 Å². The molecule has 0 nitrogen and oxygen atoms in total. The second-order valence-electron chi connectivity index (χ2n) is 6.72. The van der Waals surface area contributed by atoms with Crippen LogP contribution in [0.4, 0.5) is 0 Å². The third-order valence-corrected chi connectivity index (χ3v) is 11.0. The first-order chi connectivity index (χ1) is 12.8. The first kappa shape index (κ1) is 16.0. The summed E-state index contributed by atoms with van der Waals surface area (Å²) in [6.07, 6.45) is 0. The van der Waals surface area contributed by atoms with Gasteiger partial charge in [-0.2, -0.15) is 0 Å². The number of halogens is 1. The van der Waals surface area contributed by atoms with Crippen molar-refractivity contribution >= 4 is 51.4 Å². The SMILES string of the molecule is Ic1ccc2c(c1)[Si](c1ccccc1)(c1ccccc1)c1ccccc1-2. The minimum atomic E-state index is -2.26. The van der Waals surface area contributed by atoms with E-state index < -0.39 is 8.07 Å². The quantitative estimate of drug-likeness (QED) is 0.279. The maximum absolute atomic E-state index is 2.45. The molecule has 0 aromatic heterocycles. The van der Waals surface area contributed by atoms with Gasteiger partial charge >= 0.3 is 0 Å². The van der Waals surface area contributed by atoms with Crippen LogP contribution in [0.2, 0.25) is 0 Å². The van der Waals surface area contributed by atoms with Gasteiger partial charge in [-0.3, -0.25) is 0 Å². The summed E-state index contributed by atoms with van der Waals surface area (Å²) < 4.78 is 1.30. The Kier molecular flexibility index (Phi) is 3.83. The summed E-state index contributed by atoms with van der Waals surface area (Å²) >= 11 is 2.45. The zero-order valence-corrected chi connectivity index (χ0v) is 17.4. The van der Waals surface area contributed by atoms with Crippen LogP contribution in [-0.4, -0.2) is 8.07 Å². The van der Waals surface area contributed by atoms with Crippen LogP contribution in [-0.2, 0) is 0 Å². The van der Waals surface area contributed by atoms with E-state index in [1.54, 1.807) is 0 Å². The van der Waals surface area contributed by atoms with E-state index in [2.05, 4.69) is 126 Å². The molecular weight excluding hydrogens is 443 g/mol. The number of fused-ring (bicyclic) bond motifs is 3. The third kappa shape index (κ3) is 2.18. The van der Waals surface area contributed by atoms with Gasteiger partial charge in [0.15, 0.2) is 8.07 Å². The lowest BCUT2D eigenvalue weighted by atomic mass is 10.1. The number of benzene rings is 4. The second kappa shape index (κ2) is 6.22. The Morgan fingerprint density at radius 3 is 1.69 bits per heavy atom. The van der Waals surface area contributed by atoms with Crippen molar-refractivity contribution in [1.82, 2.24) is 0 Å². The summed E-state index contributed by atoms with van der Waals surface area (Å²) in [5.41, 5.74) is 2.80. The van der Waals surface area contributed by atoms with Crippen molar-refractivity contribution in [3.63, 3.8) is 0 Å². The van der Waals surface area contributed by atoms with E-state index in [1.807, 2.05) is 0 Å². The van der Waals surface area contributed by atoms with Gasteiger partial charge in [-0.05, 0) is 66.6 Å². The van der Waals surface area contributed by atoms with Crippen LogP contribution >= 0.6 is 22.6 Å². The van der Waals surface area contributed by atoms with E-state index >= 15 is 0 Å². The van der Waals surface area contributed by atoms with Crippen molar-refractivity contribution < 1.29 is 0 Å². The zero-order valence-electron chi connectivity index (χ0n) is 14.2. The highest BCUT2D eigenvalue weighted by molar-refractivity contribution is 14.1. The summed E-state index contributed by atoms with van der Waals surface area (Å²) in [4.78, 5) is 0. The molecule has 0 N–H and O–H groups in total. The van der Waals surface area contributed by atoms with Crippen LogP contribution in [0.3, 0.4) is 0 Å². The van der Waals surface area contributed by atoms with E-state index in [0.29, 0.717) is 0 Å². The lowest BCUT2D eigenvalue weighted by molar-refractivity contribution is 1.66. The lowest BCUT2D eigenvalue weighted by Gasteiger charge is -2.31. The van der Waals surface area contributed by atoms with E-state index in [9.17, 15) is 0 Å². The molecule has 0 radical (unpaired) electrons. The fraction of sp³-hybridized carbons (Fsp3) is 0. The molecule has 0 unspecified atom stereocenters. The van der Waals surface area contributed by atoms with Gasteiger partial charge in [0.05, 0.1) is 0 Å². The van der Waals surface area contributed by atoms with E-state index in [4.69, 9.17) is 0 Å². The minimum absolute atomic E-state index is 1.30. The van der Waals surface area contributed by atoms with Gasteiger partial charge in [0, 0.05) is 3.57 Å². The Labute approximate surface area is 168 Å².